The molecule has 1 aliphatic rings. The van der Waals surface area contributed by atoms with Crippen LogP contribution in [0.3, 0.4) is 0 Å². The molecule has 0 unspecified atom stereocenters. The monoisotopic (exact) mass is 416 g/mol. The summed E-state index contributed by atoms with van der Waals surface area (Å²) in [4.78, 5) is 27.3. The van der Waals surface area contributed by atoms with Gasteiger partial charge in [0.1, 0.15) is 0 Å². The Labute approximate surface area is 144 Å². The number of carbonyl (C=O) groups excluding carboxylic acids is 2. The van der Waals surface area contributed by atoms with Gasteiger partial charge in [0, 0.05) is 42.7 Å². The molecule has 1 heterocycles. The lowest BCUT2D eigenvalue weighted by Crippen LogP contribution is -2.48. The van der Waals surface area contributed by atoms with Crippen molar-refractivity contribution in [1.29, 1.82) is 0 Å². The smallest absolute Gasteiger partial charge is 0.306 e. The van der Waals surface area contributed by atoms with Crippen LogP contribution in [0.2, 0.25) is 0 Å². The molecule has 5 nitrogen and oxygen atoms in total. The van der Waals surface area contributed by atoms with Gasteiger partial charge in [0.15, 0.2) is 0 Å². The highest BCUT2D eigenvalue weighted by Crippen LogP contribution is 2.12. The van der Waals surface area contributed by atoms with Gasteiger partial charge >= 0.3 is 5.97 Å². The molecule has 120 valence electrons. The third kappa shape index (κ3) is 5.24. The van der Waals surface area contributed by atoms with E-state index in [-0.39, 0.29) is 24.7 Å². The van der Waals surface area contributed by atoms with Crippen LogP contribution >= 0.6 is 22.6 Å². The van der Waals surface area contributed by atoms with E-state index in [0.717, 1.165) is 32.7 Å². The molecule has 0 atom stereocenters. The number of benzene rings is 1. The normalized spacial score (nSPS) is 15.6. The summed E-state index contributed by atoms with van der Waals surface area (Å²) in [5, 5.41) is 0. The Kier molecular flexibility index (Phi) is 6.63. The van der Waals surface area contributed by atoms with Gasteiger partial charge in [0.05, 0.1) is 13.5 Å². The van der Waals surface area contributed by atoms with Crippen LogP contribution in [0, 0.1) is 3.57 Å². The Morgan fingerprint density at radius 2 is 1.91 bits per heavy atom. The van der Waals surface area contributed by atoms with Crippen molar-refractivity contribution in [1.82, 2.24) is 9.80 Å². The second-order valence-electron chi connectivity index (χ2n) is 5.36. The first-order valence-electron chi connectivity index (χ1n) is 7.40. The zero-order valence-corrected chi connectivity index (χ0v) is 14.9. The van der Waals surface area contributed by atoms with E-state index in [9.17, 15) is 9.59 Å². The van der Waals surface area contributed by atoms with E-state index in [1.54, 1.807) is 0 Å². The fourth-order valence-corrected chi connectivity index (χ4v) is 3.13. The number of piperazine rings is 1. The Morgan fingerprint density at radius 1 is 1.18 bits per heavy atom. The van der Waals surface area contributed by atoms with E-state index in [1.165, 1.54) is 16.2 Å². The maximum atomic E-state index is 12.0. The van der Waals surface area contributed by atoms with Gasteiger partial charge < -0.3 is 9.64 Å². The van der Waals surface area contributed by atoms with Crippen LogP contribution in [-0.2, 0) is 20.9 Å². The van der Waals surface area contributed by atoms with Gasteiger partial charge in [-0.25, -0.2) is 0 Å². The number of esters is 1. The van der Waals surface area contributed by atoms with Crippen molar-refractivity contribution in [2.75, 3.05) is 33.3 Å². The molecule has 22 heavy (non-hydrogen) atoms. The zero-order valence-electron chi connectivity index (χ0n) is 12.8. The predicted molar refractivity (Wildman–Crippen MR) is 92.3 cm³/mol. The first-order valence-corrected chi connectivity index (χ1v) is 8.48. The van der Waals surface area contributed by atoms with Crippen molar-refractivity contribution in [3.8, 4) is 0 Å². The summed E-state index contributed by atoms with van der Waals surface area (Å²) in [5.74, 6) is -0.287. The van der Waals surface area contributed by atoms with Crippen LogP contribution in [0.1, 0.15) is 18.4 Å². The molecule has 0 aromatic heterocycles. The quantitative estimate of drug-likeness (QED) is 0.544. The molecule has 6 heteroatoms. The molecule has 0 bridgehead atoms. The van der Waals surface area contributed by atoms with E-state index in [4.69, 9.17) is 0 Å². The zero-order chi connectivity index (χ0) is 15.9. The molecule has 0 aliphatic carbocycles. The van der Waals surface area contributed by atoms with Crippen molar-refractivity contribution in [3.63, 3.8) is 0 Å². The standard InChI is InChI=1S/C16H21IN2O3/c1-22-16(21)6-5-15(20)19-9-7-18(8-10-19)12-13-3-2-4-14(17)11-13/h2-4,11H,5-10,12H2,1H3. The molecular formula is C16H21IN2O3. The fraction of sp³-hybridized carbons (Fsp3) is 0.500. The highest BCUT2D eigenvalue weighted by Gasteiger charge is 2.21. The maximum Gasteiger partial charge on any atom is 0.306 e. The number of methoxy groups -OCH3 is 1. The molecular weight excluding hydrogens is 395 g/mol. The number of carbonyl (C=O) groups is 2. The largest absolute Gasteiger partial charge is 0.469 e. The van der Waals surface area contributed by atoms with Crippen molar-refractivity contribution >= 4 is 34.5 Å². The number of hydrogen-bond acceptors (Lipinski definition) is 4. The second-order valence-corrected chi connectivity index (χ2v) is 6.61. The summed E-state index contributed by atoms with van der Waals surface area (Å²) in [6, 6.07) is 8.48. The SMILES string of the molecule is COC(=O)CCC(=O)N1CCN(Cc2cccc(I)c2)CC1. The molecule has 0 radical (unpaired) electrons. The summed E-state index contributed by atoms with van der Waals surface area (Å²) in [6.45, 7) is 4.11. The van der Waals surface area contributed by atoms with E-state index in [1.807, 2.05) is 4.90 Å². The molecule has 1 aromatic rings. The van der Waals surface area contributed by atoms with Crippen molar-refractivity contribution in [3.05, 3.63) is 33.4 Å². The molecule has 0 spiro atoms. The molecule has 1 fully saturated rings. The van der Waals surface area contributed by atoms with Crippen LogP contribution in [0.25, 0.3) is 0 Å². The fourth-order valence-electron chi connectivity index (χ4n) is 2.52. The van der Waals surface area contributed by atoms with E-state index >= 15 is 0 Å². The van der Waals surface area contributed by atoms with Crippen LogP contribution in [-0.4, -0.2) is 55.0 Å². The van der Waals surface area contributed by atoms with Gasteiger partial charge in [-0.15, -0.1) is 0 Å². The van der Waals surface area contributed by atoms with Crippen LogP contribution in [0.15, 0.2) is 24.3 Å². The number of rotatable bonds is 5. The maximum absolute atomic E-state index is 12.0. The topological polar surface area (TPSA) is 49.9 Å². The number of halogens is 1. The lowest BCUT2D eigenvalue weighted by atomic mass is 10.2. The van der Waals surface area contributed by atoms with Gasteiger partial charge in [-0.3, -0.25) is 14.5 Å². The van der Waals surface area contributed by atoms with E-state index < -0.39 is 0 Å². The highest BCUT2D eigenvalue weighted by atomic mass is 127. The second kappa shape index (κ2) is 8.47. The molecule has 1 saturated heterocycles. The first kappa shape index (κ1) is 17.2. The van der Waals surface area contributed by atoms with Gasteiger partial charge in [0.2, 0.25) is 5.91 Å². The van der Waals surface area contributed by atoms with Crippen LogP contribution in [0.5, 0.6) is 0 Å². The lowest BCUT2D eigenvalue weighted by Gasteiger charge is -2.34. The summed E-state index contributed by atoms with van der Waals surface area (Å²) in [6.07, 6.45) is 0.404. The lowest BCUT2D eigenvalue weighted by molar-refractivity contribution is -0.144. The van der Waals surface area contributed by atoms with Gasteiger partial charge in [-0.1, -0.05) is 12.1 Å². The first-order chi connectivity index (χ1) is 10.6. The average Bonchev–Trinajstić information content (AvgIpc) is 2.53. The average molecular weight is 416 g/mol. The minimum Gasteiger partial charge on any atom is -0.469 e. The van der Waals surface area contributed by atoms with Gasteiger partial charge in [-0.2, -0.15) is 0 Å². The van der Waals surface area contributed by atoms with Crippen molar-refractivity contribution in [2.24, 2.45) is 0 Å². The van der Waals surface area contributed by atoms with Crippen molar-refractivity contribution < 1.29 is 14.3 Å². The molecule has 2 rings (SSSR count). The number of ether oxygens (including phenoxy) is 1. The Bertz CT molecular complexity index is 528. The predicted octanol–water partition coefficient (Wildman–Crippen LogP) is 1.89. The summed E-state index contributed by atoms with van der Waals surface area (Å²) in [7, 11) is 1.34. The summed E-state index contributed by atoms with van der Waals surface area (Å²) < 4.78 is 5.80. The number of hydrogen-bond donors (Lipinski definition) is 0. The van der Waals surface area contributed by atoms with E-state index in [2.05, 4.69) is 56.5 Å². The minimum absolute atomic E-state index is 0.0410. The highest BCUT2D eigenvalue weighted by molar-refractivity contribution is 14.1. The van der Waals surface area contributed by atoms with Crippen LogP contribution < -0.4 is 0 Å². The third-order valence-electron chi connectivity index (χ3n) is 3.79. The molecule has 1 aromatic carbocycles. The Balaban J connectivity index is 1.75. The summed E-state index contributed by atoms with van der Waals surface area (Å²) >= 11 is 2.32. The van der Waals surface area contributed by atoms with Gasteiger partial charge in [0.25, 0.3) is 0 Å². The third-order valence-corrected chi connectivity index (χ3v) is 4.46. The van der Waals surface area contributed by atoms with E-state index in [0.29, 0.717) is 0 Å². The Hall–Kier alpha value is -1.15. The van der Waals surface area contributed by atoms with Crippen molar-refractivity contribution in [2.45, 2.75) is 19.4 Å². The minimum atomic E-state index is -0.328. The Morgan fingerprint density at radius 3 is 2.55 bits per heavy atom. The molecule has 1 aliphatic heterocycles. The molecule has 1 amide bonds. The van der Waals surface area contributed by atoms with Crippen LogP contribution in [0.4, 0.5) is 0 Å². The molecule has 0 saturated carbocycles. The number of nitrogens with zero attached hydrogens (tertiary/aromatic N) is 2. The summed E-state index contributed by atoms with van der Waals surface area (Å²) in [5.41, 5.74) is 1.30. The van der Waals surface area contributed by atoms with Gasteiger partial charge in [-0.05, 0) is 40.3 Å². The molecule has 0 N–H and O–H groups in total. The number of amides is 1.